The van der Waals surface area contributed by atoms with Crippen molar-refractivity contribution >= 4 is 38.5 Å². The summed E-state index contributed by atoms with van der Waals surface area (Å²) in [5, 5.41) is 1.38. The highest BCUT2D eigenvalue weighted by Gasteiger charge is 2.46. The molecule has 9 aromatic carbocycles. The van der Waals surface area contributed by atoms with E-state index in [0.717, 1.165) is 17.1 Å². The SMILES string of the molecule is CC1(C)c2c(-c3ccc(N(c4ccc(-c5ccccc5)cc4)c4ccc5c(c4)C(c4ccccc4)(c4ccccc4)c4ccccc4-5)cc3)cccc2-c2sc3ccccc3c21. The summed E-state index contributed by atoms with van der Waals surface area (Å²) < 4.78 is 1.36. The number of fused-ring (bicyclic) bond motifs is 8. The van der Waals surface area contributed by atoms with Gasteiger partial charge < -0.3 is 4.90 Å². The summed E-state index contributed by atoms with van der Waals surface area (Å²) in [6, 6.07) is 83.1. The fourth-order valence-corrected chi connectivity index (χ4v) is 12.3. The molecule has 0 radical (unpaired) electrons. The molecule has 0 unspecified atom stereocenters. The zero-order valence-electron chi connectivity index (χ0n) is 34.7. The second-order valence-corrected chi connectivity index (χ2v) is 18.3. The van der Waals surface area contributed by atoms with Crippen LogP contribution in [0.3, 0.4) is 0 Å². The van der Waals surface area contributed by atoms with E-state index in [4.69, 9.17) is 0 Å². The monoisotopic (exact) mass is 809 g/mol. The summed E-state index contributed by atoms with van der Waals surface area (Å²) in [5.74, 6) is 0. The first-order valence-electron chi connectivity index (χ1n) is 21.6. The van der Waals surface area contributed by atoms with Crippen LogP contribution >= 0.6 is 11.3 Å². The van der Waals surface area contributed by atoms with E-state index in [9.17, 15) is 0 Å². The van der Waals surface area contributed by atoms with Gasteiger partial charge in [0.15, 0.2) is 0 Å². The Labute approximate surface area is 367 Å². The number of nitrogens with zero attached hydrogens (tertiary/aromatic N) is 1. The van der Waals surface area contributed by atoms with Crippen LogP contribution in [0.4, 0.5) is 17.1 Å². The smallest absolute Gasteiger partial charge is 0.0714 e. The largest absolute Gasteiger partial charge is 0.310 e. The molecule has 0 amide bonds. The standard InChI is InChI=1S/C60H43NS/c1-59(2)56-48(25-16-26-52(56)58-57(59)51-24-13-15-28-55(51)62-58)42-31-35-46(36-32-42)61(45-33-29-41(30-34-45)40-17-6-3-7-18-40)47-37-38-50-49-23-12-14-27-53(49)60(54(50)39-47,43-19-8-4-9-20-43)44-21-10-5-11-22-44/h3-39H,1-2H3. The van der Waals surface area contributed by atoms with Crippen molar-refractivity contribution in [1.82, 2.24) is 0 Å². The highest BCUT2D eigenvalue weighted by atomic mass is 32.1. The number of hydrogen-bond acceptors (Lipinski definition) is 2. The third-order valence-corrected chi connectivity index (χ3v) is 14.7. The highest BCUT2D eigenvalue weighted by molar-refractivity contribution is 7.22. The van der Waals surface area contributed by atoms with Crippen LogP contribution in [0.15, 0.2) is 224 Å². The lowest BCUT2D eigenvalue weighted by Crippen LogP contribution is -2.28. The van der Waals surface area contributed by atoms with E-state index in [2.05, 4.69) is 243 Å². The third-order valence-electron chi connectivity index (χ3n) is 13.5. The molecule has 12 rings (SSSR count). The Bertz CT molecular complexity index is 3250. The first-order chi connectivity index (χ1) is 30.5. The van der Waals surface area contributed by atoms with Gasteiger partial charge in [0.1, 0.15) is 0 Å². The Morgan fingerprint density at radius 1 is 0.371 bits per heavy atom. The Morgan fingerprint density at radius 2 is 0.887 bits per heavy atom. The molecule has 1 nitrogen and oxygen atoms in total. The molecule has 0 aliphatic heterocycles. The fraction of sp³-hybridized carbons (Fsp3) is 0.0667. The van der Waals surface area contributed by atoms with Gasteiger partial charge in [-0.05, 0) is 120 Å². The number of anilines is 3. The minimum atomic E-state index is -0.495. The second kappa shape index (κ2) is 14.2. The Morgan fingerprint density at radius 3 is 1.58 bits per heavy atom. The molecule has 2 aliphatic carbocycles. The summed E-state index contributed by atoms with van der Waals surface area (Å²) in [4.78, 5) is 3.85. The van der Waals surface area contributed by atoms with Crippen LogP contribution in [-0.2, 0) is 10.8 Å². The molecule has 62 heavy (non-hydrogen) atoms. The van der Waals surface area contributed by atoms with Gasteiger partial charge in [0.05, 0.1) is 5.41 Å². The van der Waals surface area contributed by atoms with Gasteiger partial charge in [-0.1, -0.05) is 196 Å². The Balaban J connectivity index is 1.03. The molecule has 0 saturated carbocycles. The fourth-order valence-electron chi connectivity index (χ4n) is 10.9. The molecular weight excluding hydrogens is 767 g/mol. The lowest BCUT2D eigenvalue weighted by Gasteiger charge is -2.35. The van der Waals surface area contributed by atoms with Gasteiger partial charge in [0.2, 0.25) is 0 Å². The summed E-state index contributed by atoms with van der Waals surface area (Å²) >= 11 is 1.93. The van der Waals surface area contributed by atoms with Crippen molar-refractivity contribution in [1.29, 1.82) is 0 Å². The van der Waals surface area contributed by atoms with Gasteiger partial charge in [-0.3, -0.25) is 0 Å². The zero-order chi connectivity index (χ0) is 41.4. The maximum atomic E-state index is 2.46. The lowest BCUT2D eigenvalue weighted by atomic mass is 9.67. The minimum Gasteiger partial charge on any atom is -0.310 e. The first-order valence-corrected chi connectivity index (χ1v) is 22.4. The third kappa shape index (κ3) is 5.40. The summed E-state index contributed by atoms with van der Waals surface area (Å²) in [6.45, 7) is 4.82. The molecule has 0 bridgehead atoms. The molecule has 0 atom stereocenters. The van der Waals surface area contributed by atoms with Crippen molar-refractivity contribution in [2.45, 2.75) is 24.7 Å². The predicted molar refractivity (Wildman–Crippen MR) is 262 cm³/mol. The molecule has 1 aromatic heterocycles. The highest BCUT2D eigenvalue weighted by Crippen LogP contribution is 2.59. The summed E-state index contributed by atoms with van der Waals surface area (Å²) in [7, 11) is 0. The van der Waals surface area contributed by atoms with Crippen molar-refractivity contribution in [2.75, 3.05) is 4.90 Å². The maximum absolute atomic E-state index is 2.46. The van der Waals surface area contributed by atoms with Crippen molar-refractivity contribution in [3.63, 3.8) is 0 Å². The Kier molecular flexibility index (Phi) is 8.36. The first kappa shape index (κ1) is 36.6. The Hall–Kier alpha value is -7.26. The van der Waals surface area contributed by atoms with E-state index < -0.39 is 5.41 Å². The summed E-state index contributed by atoms with van der Waals surface area (Å²) in [6.07, 6.45) is 0. The van der Waals surface area contributed by atoms with E-state index in [-0.39, 0.29) is 5.41 Å². The average Bonchev–Trinajstić information content (AvgIpc) is 3.95. The van der Waals surface area contributed by atoms with Gasteiger partial charge in [-0.25, -0.2) is 0 Å². The maximum Gasteiger partial charge on any atom is 0.0714 e. The summed E-state index contributed by atoms with van der Waals surface area (Å²) in [5.41, 5.74) is 19.6. The number of hydrogen-bond donors (Lipinski definition) is 0. The van der Waals surface area contributed by atoms with Crippen molar-refractivity contribution in [2.24, 2.45) is 0 Å². The van der Waals surface area contributed by atoms with Gasteiger partial charge in [0.25, 0.3) is 0 Å². The molecule has 2 aliphatic rings. The van der Waals surface area contributed by atoms with Gasteiger partial charge in [-0.15, -0.1) is 11.3 Å². The minimum absolute atomic E-state index is 0.127. The molecule has 10 aromatic rings. The van der Waals surface area contributed by atoms with Crippen LogP contribution in [0.25, 0.3) is 53.9 Å². The van der Waals surface area contributed by atoms with Crippen LogP contribution in [0.5, 0.6) is 0 Å². The molecular formula is C60H43NS. The molecule has 1 heterocycles. The quantitative estimate of drug-likeness (QED) is 0.155. The molecule has 294 valence electrons. The van der Waals surface area contributed by atoms with Crippen molar-refractivity contribution in [3.8, 4) is 43.8 Å². The number of rotatable bonds is 7. The zero-order valence-corrected chi connectivity index (χ0v) is 35.5. The van der Waals surface area contributed by atoms with Crippen LogP contribution in [0, 0.1) is 0 Å². The van der Waals surface area contributed by atoms with E-state index in [1.54, 1.807) is 0 Å². The molecule has 0 fully saturated rings. The molecule has 0 N–H and O–H groups in total. The molecule has 0 saturated heterocycles. The second-order valence-electron chi connectivity index (χ2n) is 17.2. The van der Waals surface area contributed by atoms with Crippen LogP contribution in [0.1, 0.15) is 47.2 Å². The lowest BCUT2D eigenvalue weighted by molar-refractivity contribution is 0.669. The molecule has 0 spiro atoms. The van der Waals surface area contributed by atoms with Crippen molar-refractivity contribution in [3.05, 3.63) is 258 Å². The normalized spacial score (nSPS) is 13.9. The predicted octanol–water partition coefficient (Wildman–Crippen LogP) is 16.4. The number of thiophene rings is 1. The van der Waals surface area contributed by atoms with Crippen molar-refractivity contribution < 1.29 is 0 Å². The van der Waals surface area contributed by atoms with E-state index in [1.807, 2.05) is 11.3 Å². The van der Waals surface area contributed by atoms with Crippen LogP contribution < -0.4 is 4.90 Å². The van der Waals surface area contributed by atoms with E-state index in [0.29, 0.717) is 0 Å². The van der Waals surface area contributed by atoms with E-state index >= 15 is 0 Å². The average molecular weight is 810 g/mol. The van der Waals surface area contributed by atoms with E-state index in [1.165, 1.54) is 87.3 Å². The molecule has 2 heteroatoms. The van der Waals surface area contributed by atoms with Crippen LogP contribution in [-0.4, -0.2) is 0 Å². The topological polar surface area (TPSA) is 3.24 Å². The number of benzene rings is 9. The van der Waals surface area contributed by atoms with Gasteiger partial charge in [0, 0.05) is 32.1 Å². The van der Waals surface area contributed by atoms with Gasteiger partial charge >= 0.3 is 0 Å². The van der Waals surface area contributed by atoms with Crippen LogP contribution in [0.2, 0.25) is 0 Å². The van der Waals surface area contributed by atoms with Gasteiger partial charge in [-0.2, -0.15) is 0 Å².